The van der Waals surface area contributed by atoms with E-state index in [2.05, 4.69) is 11.2 Å². The van der Waals surface area contributed by atoms with Gasteiger partial charge in [0, 0.05) is 0 Å². The van der Waals surface area contributed by atoms with Gasteiger partial charge in [-0.2, -0.15) is 0 Å². The van der Waals surface area contributed by atoms with Crippen LogP contribution in [0.5, 0.6) is 0 Å². The first kappa shape index (κ1) is 9.85. The largest absolute Gasteiger partial charge is 0.339 e. The molecule has 1 aliphatic rings. The second kappa shape index (κ2) is 4.71. The molecule has 1 rings (SSSR count). The van der Waals surface area contributed by atoms with Gasteiger partial charge in [-0.1, -0.05) is 18.4 Å². The molecule has 0 bridgehead atoms. The fourth-order valence-corrected chi connectivity index (χ4v) is 1.16. The van der Waals surface area contributed by atoms with Crippen LogP contribution in [-0.4, -0.2) is 11.9 Å². The van der Waals surface area contributed by atoms with Crippen molar-refractivity contribution in [1.82, 2.24) is 5.32 Å². The molecule has 70 valence electrons. The maximum atomic E-state index is 11.2. The van der Waals surface area contributed by atoms with E-state index in [9.17, 15) is 4.79 Å². The number of carbonyl (C=O) groups is 1. The van der Waals surface area contributed by atoms with Crippen LogP contribution >= 0.6 is 0 Å². The topological polar surface area (TPSA) is 29.1 Å². The Bertz CT molecular complexity index is 245. The highest BCUT2D eigenvalue weighted by molar-refractivity contribution is 5.87. The second-order valence-electron chi connectivity index (χ2n) is 3.45. The quantitative estimate of drug-likeness (QED) is 0.513. The van der Waals surface area contributed by atoms with E-state index in [1.54, 1.807) is 13.0 Å². The molecule has 1 fully saturated rings. The summed E-state index contributed by atoms with van der Waals surface area (Å²) in [7, 11) is 0. The highest BCUT2D eigenvalue weighted by atomic mass is 16.1. The normalized spacial score (nSPS) is 19.1. The molecule has 0 saturated heterocycles. The molecule has 1 amide bonds. The zero-order valence-electron chi connectivity index (χ0n) is 7.92. The molecule has 0 radical (unpaired) electrons. The average molecular weight is 177 g/mol. The van der Waals surface area contributed by atoms with E-state index in [4.69, 9.17) is 6.42 Å². The number of hydrogen-bond acceptors (Lipinski definition) is 1. The molecule has 0 heterocycles. The fourth-order valence-electron chi connectivity index (χ4n) is 1.16. The summed E-state index contributed by atoms with van der Waals surface area (Å²) in [6.45, 7) is 1.79. The molecule has 2 nitrogen and oxygen atoms in total. The Morgan fingerprint density at radius 3 is 2.85 bits per heavy atom. The molecule has 0 aromatic heterocycles. The van der Waals surface area contributed by atoms with Crippen molar-refractivity contribution in [2.75, 3.05) is 0 Å². The molecule has 1 saturated carbocycles. The lowest BCUT2D eigenvalue weighted by atomic mass is 9.85. The lowest BCUT2D eigenvalue weighted by Gasteiger charge is -2.21. The molecule has 1 aliphatic carbocycles. The molecule has 13 heavy (non-hydrogen) atoms. The van der Waals surface area contributed by atoms with E-state index in [1.165, 1.54) is 19.3 Å². The van der Waals surface area contributed by atoms with E-state index >= 15 is 0 Å². The van der Waals surface area contributed by atoms with E-state index < -0.39 is 0 Å². The molecule has 1 atom stereocenters. The summed E-state index contributed by atoms with van der Waals surface area (Å²) >= 11 is 0. The van der Waals surface area contributed by atoms with Crippen LogP contribution in [0.25, 0.3) is 0 Å². The van der Waals surface area contributed by atoms with Gasteiger partial charge < -0.3 is 5.32 Å². The van der Waals surface area contributed by atoms with Gasteiger partial charge >= 0.3 is 0 Å². The first-order chi connectivity index (χ1) is 6.22. The second-order valence-corrected chi connectivity index (χ2v) is 3.45. The predicted molar refractivity (Wildman–Crippen MR) is 52.9 cm³/mol. The van der Waals surface area contributed by atoms with E-state index in [0.29, 0.717) is 5.92 Å². The molecule has 0 aromatic carbocycles. The molecule has 1 N–H and O–H groups in total. The third kappa shape index (κ3) is 3.33. The highest BCUT2D eigenvalue weighted by Crippen LogP contribution is 2.27. The van der Waals surface area contributed by atoms with Crippen molar-refractivity contribution in [3.05, 3.63) is 12.2 Å². The van der Waals surface area contributed by atoms with Gasteiger partial charge in [-0.15, -0.1) is 6.42 Å². The minimum Gasteiger partial charge on any atom is -0.339 e. The molecule has 0 aromatic rings. The number of allylic oxidation sites excluding steroid dienone is 1. The van der Waals surface area contributed by atoms with Crippen LogP contribution in [-0.2, 0) is 4.79 Å². The Morgan fingerprint density at radius 2 is 2.38 bits per heavy atom. The minimum atomic E-state index is -0.182. The van der Waals surface area contributed by atoms with Gasteiger partial charge in [0.15, 0.2) is 0 Å². The third-order valence-electron chi connectivity index (χ3n) is 2.28. The SMILES string of the molecule is C#CC(C)NC(=O)/C=C/C1CCC1. The molecular formula is C11H15NO. The molecule has 0 aliphatic heterocycles. The highest BCUT2D eigenvalue weighted by Gasteiger charge is 2.13. The average Bonchev–Trinajstić information content (AvgIpc) is 2.01. The summed E-state index contributed by atoms with van der Waals surface area (Å²) in [5.41, 5.74) is 0. The Kier molecular flexibility index (Phi) is 3.57. The van der Waals surface area contributed by atoms with Crippen molar-refractivity contribution in [3.8, 4) is 12.3 Å². The fraction of sp³-hybridized carbons (Fsp3) is 0.545. The van der Waals surface area contributed by atoms with Gasteiger partial charge in [-0.05, 0) is 31.8 Å². The van der Waals surface area contributed by atoms with E-state index in [-0.39, 0.29) is 11.9 Å². The summed E-state index contributed by atoms with van der Waals surface area (Å²) in [6.07, 6.45) is 12.4. The van der Waals surface area contributed by atoms with Crippen molar-refractivity contribution >= 4 is 5.91 Å². The van der Waals surface area contributed by atoms with E-state index in [0.717, 1.165) is 0 Å². The molecule has 0 spiro atoms. The van der Waals surface area contributed by atoms with Crippen LogP contribution in [0.2, 0.25) is 0 Å². The standard InChI is InChI=1S/C11H15NO/c1-3-9(2)12-11(13)8-7-10-5-4-6-10/h1,7-10H,4-6H2,2H3,(H,12,13)/b8-7+. The van der Waals surface area contributed by atoms with Crippen molar-refractivity contribution in [2.24, 2.45) is 5.92 Å². The van der Waals surface area contributed by atoms with Crippen LogP contribution in [0.3, 0.4) is 0 Å². The summed E-state index contributed by atoms with van der Waals surface area (Å²) < 4.78 is 0. The van der Waals surface area contributed by atoms with Gasteiger partial charge in [-0.3, -0.25) is 4.79 Å². The Balaban J connectivity index is 2.24. The Morgan fingerprint density at radius 1 is 1.69 bits per heavy atom. The first-order valence-electron chi connectivity index (χ1n) is 4.67. The lowest BCUT2D eigenvalue weighted by Crippen LogP contribution is -2.29. The minimum absolute atomic E-state index is 0.0858. The van der Waals surface area contributed by atoms with Crippen LogP contribution in [0.1, 0.15) is 26.2 Å². The maximum absolute atomic E-state index is 11.2. The number of nitrogens with one attached hydrogen (secondary N) is 1. The first-order valence-corrected chi connectivity index (χ1v) is 4.67. The zero-order valence-corrected chi connectivity index (χ0v) is 7.92. The number of carbonyl (C=O) groups excluding carboxylic acids is 1. The number of hydrogen-bond donors (Lipinski definition) is 1. The summed E-state index contributed by atoms with van der Waals surface area (Å²) in [4.78, 5) is 11.2. The molecular weight excluding hydrogens is 162 g/mol. The van der Waals surface area contributed by atoms with Crippen molar-refractivity contribution in [3.63, 3.8) is 0 Å². The molecule has 1 unspecified atom stereocenters. The van der Waals surface area contributed by atoms with Crippen molar-refractivity contribution in [1.29, 1.82) is 0 Å². The number of amides is 1. The van der Waals surface area contributed by atoms with Crippen molar-refractivity contribution < 1.29 is 4.79 Å². The molecule has 2 heteroatoms. The van der Waals surface area contributed by atoms with Gasteiger partial charge in [0.25, 0.3) is 0 Å². The Hall–Kier alpha value is -1.23. The van der Waals surface area contributed by atoms with Crippen LogP contribution in [0, 0.1) is 18.3 Å². The summed E-state index contributed by atoms with van der Waals surface area (Å²) in [6, 6.07) is -0.182. The van der Waals surface area contributed by atoms with Gasteiger partial charge in [0.2, 0.25) is 5.91 Å². The smallest absolute Gasteiger partial charge is 0.244 e. The van der Waals surface area contributed by atoms with Gasteiger partial charge in [0.1, 0.15) is 0 Å². The zero-order chi connectivity index (χ0) is 9.68. The van der Waals surface area contributed by atoms with Crippen LogP contribution < -0.4 is 5.32 Å². The van der Waals surface area contributed by atoms with E-state index in [1.807, 2.05) is 6.08 Å². The maximum Gasteiger partial charge on any atom is 0.244 e. The predicted octanol–water partition coefficient (Wildman–Crippen LogP) is 1.48. The van der Waals surface area contributed by atoms with Crippen molar-refractivity contribution in [2.45, 2.75) is 32.2 Å². The lowest BCUT2D eigenvalue weighted by molar-refractivity contribution is -0.116. The van der Waals surface area contributed by atoms with Gasteiger partial charge in [0.05, 0.1) is 6.04 Å². The third-order valence-corrected chi connectivity index (χ3v) is 2.28. The van der Waals surface area contributed by atoms with Crippen LogP contribution in [0.4, 0.5) is 0 Å². The summed E-state index contributed by atoms with van der Waals surface area (Å²) in [5, 5.41) is 2.67. The van der Waals surface area contributed by atoms with Gasteiger partial charge in [-0.25, -0.2) is 0 Å². The monoisotopic (exact) mass is 177 g/mol. The summed E-state index contributed by atoms with van der Waals surface area (Å²) in [5.74, 6) is 2.98. The Labute approximate surface area is 79.4 Å². The number of rotatable bonds is 3. The number of terminal acetylenes is 1. The van der Waals surface area contributed by atoms with Crippen LogP contribution in [0.15, 0.2) is 12.2 Å².